The van der Waals surface area contributed by atoms with Gasteiger partial charge < -0.3 is 9.47 Å². The van der Waals surface area contributed by atoms with E-state index in [-0.39, 0.29) is 11.7 Å². The summed E-state index contributed by atoms with van der Waals surface area (Å²) >= 11 is 0. The van der Waals surface area contributed by atoms with Gasteiger partial charge in [-0.15, -0.1) is 0 Å². The largest absolute Gasteiger partial charge is 0.493 e. The molecule has 114 valence electrons. The summed E-state index contributed by atoms with van der Waals surface area (Å²) in [7, 11) is 0. The Morgan fingerprint density at radius 1 is 1.43 bits per heavy atom. The number of benzene rings is 1. The van der Waals surface area contributed by atoms with E-state index in [1.807, 2.05) is 6.92 Å². The minimum Gasteiger partial charge on any atom is -0.493 e. The topological polar surface area (TPSA) is 78.7 Å². The molecule has 0 aliphatic heterocycles. The first kappa shape index (κ1) is 16.7. The molecule has 0 aromatic heterocycles. The van der Waals surface area contributed by atoms with Crippen molar-refractivity contribution in [3.63, 3.8) is 0 Å². The number of hydrogen-bond acceptors (Lipinski definition) is 5. The predicted octanol–water partition coefficient (Wildman–Crippen LogP) is 3.18. The van der Waals surface area contributed by atoms with Gasteiger partial charge in [-0.1, -0.05) is 6.08 Å². The molecular weight excluding hydrogens is 274 g/mol. The molecule has 0 heterocycles. The molecule has 0 atom stereocenters. The second-order valence-corrected chi connectivity index (χ2v) is 4.35. The van der Waals surface area contributed by atoms with Crippen molar-refractivity contribution < 1.29 is 19.2 Å². The zero-order valence-corrected chi connectivity index (χ0v) is 12.2. The fourth-order valence-electron chi connectivity index (χ4n) is 1.61. The highest BCUT2D eigenvalue weighted by Crippen LogP contribution is 2.24. The maximum Gasteiger partial charge on any atom is 0.330 e. The average molecular weight is 293 g/mol. The van der Waals surface area contributed by atoms with Crippen LogP contribution in [0, 0.1) is 17.0 Å². The first-order valence-electron chi connectivity index (χ1n) is 6.75. The molecule has 6 heteroatoms. The van der Waals surface area contributed by atoms with Crippen molar-refractivity contribution in [2.75, 3.05) is 13.2 Å². The molecule has 0 aliphatic rings. The van der Waals surface area contributed by atoms with Crippen molar-refractivity contribution in [1.82, 2.24) is 0 Å². The van der Waals surface area contributed by atoms with E-state index in [0.717, 1.165) is 5.56 Å². The minimum atomic E-state index is -0.450. The number of unbranched alkanes of at least 4 members (excludes halogenated alkanes) is 1. The first-order chi connectivity index (χ1) is 10.0. The molecule has 0 saturated carbocycles. The Bertz CT molecular complexity index is 525. The molecule has 1 rings (SSSR count). The molecule has 0 aliphatic carbocycles. The monoisotopic (exact) mass is 293 g/mol. The van der Waals surface area contributed by atoms with E-state index in [9.17, 15) is 14.9 Å². The molecule has 0 radical (unpaired) electrons. The number of carbonyl (C=O) groups is 1. The number of rotatable bonds is 8. The number of esters is 1. The normalized spacial score (nSPS) is 10.6. The Morgan fingerprint density at radius 3 is 2.86 bits per heavy atom. The first-order valence-corrected chi connectivity index (χ1v) is 6.75. The molecule has 0 amide bonds. The van der Waals surface area contributed by atoms with E-state index in [0.29, 0.717) is 31.8 Å². The van der Waals surface area contributed by atoms with Crippen molar-refractivity contribution in [2.45, 2.75) is 26.7 Å². The van der Waals surface area contributed by atoms with Crippen LogP contribution in [0.3, 0.4) is 0 Å². The number of ether oxygens (including phenoxy) is 2. The molecule has 0 N–H and O–H groups in total. The van der Waals surface area contributed by atoms with E-state index in [1.165, 1.54) is 18.2 Å². The van der Waals surface area contributed by atoms with Crippen LogP contribution in [0.25, 0.3) is 0 Å². The number of nitrogens with zero attached hydrogens (tertiary/aromatic N) is 1. The molecular formula is C15H19NO5. The Balaban J connectivity index is 2.37. The molecule has 1 aromatic rings. The van der Waals surface area contributed by atoms with Gasteiger partial charge in [-0.3, -0.25) is 10.1 Å². The number of allylic oxidation sites excluding steroid dienone is 1. The van der Waals surface area contributed by atoms with E-state index in [2.05, 4.69) is 0 Å². The third-order valence-electron chi connectivity index (χ3n) is 2.70. The number of non-ortho nitro benzene ring substituents is 1. The SMILES string of the molecule is CCOC(=O)C=CCCCOc1cc([N+](=O)[O-])ccc1C. The molecule has 0 bridgehead atoms. The molecule has 6 nitrogen and oxygen atoms in total. The highest BCUT2D eigenvalue weighted by molar-refractivity contribution is 5.81. The summed E-state index contributed by atoms with van der Waals surface area (Å²) in [5.41, 5.74) is 0.862. The van der Waals surface area contributed by atoms with Gasteiger partial charge in [-0.2, -0.15) is 0 Å². The zero-order valence-electron chi connectivity index (χ0n) is 12.2. The van der Waals surface area contributed by atoms with E-state index >= 15 is 0 Å². The lowest BCUT2D eigenvalue weighted by atomic mass is 10.2. The summed E-state index contributed by atoms with van der Waals surface area (Å²) in [6.07, 6.45) is 4.49. The maximum atomic E-state index is 11.0. The van der Waals surface area contributed by atoms with Crippen LogP contribution in [0.15, 0.2) is 30.4 Å². The van der Waals surface area contributed by atoms with Crippen LogP contribution in [0.4, 0.5) is 5.69 Å². The second kappa shape index (κ2) is 8.73. The van der Waals surface area contributed by atoms with E-state index in [4.69, 9.17) is 9.47 Å². The third-order valence-corrected chi connectivity index (χ3v) is 2.70. The van der Waals surface area contributed by atoms with Crippen molar-refractivity contribution in [3.05, 3.63) is 46.0 Å². The fourth-order valence-corrected chi connectivity index (χ4v) is 1.61. The number of aryl methyl sites for hydroxylation is 1. The van der Waals surface area contributed by atoms with Crippen LogP contribution in [0.1, 0.15) is 25.3 Å². The summed E-state index contributed by atoms with van der Waals surface area (Å²) in [5.74, 6) is 0.159. The zero-order chi connectivity index (χ0) is 15.7. The van der Waals surface area contributed by atoms with Gasteiger partial charge in [0.25, 0.3) is 5.69 Å². The van der Waals surface area contributed by atoms with Gasteiger partial charge in [-0.25, -0.2) is 4.79 Å². The van der Waals surface area contributed by atoms with Crippen LogP contribution in [0.2, 0.25) is 0 Å². The van der Waals surface area contributed by atoms with Crippen LogP contribution in [-0.4, -0.2) is 24.1 Å². The highest BCUT2D eigenvalue weighted by Gasteiger charge is 2.09. The van der Waals surface area contributed by atoms with Gasteiger partial charge in [-0.05, 0) is 38.3 Å². The van der Waals surface area contributed by atoms with Gasteiger partial charge in [0.15, 0.2) is 0 Å². The summed E-state index contributed by atoms with van der Waals surface area (Å²) in [5, 5.41) is 10.7. The summed E-state index contributed by atoms with van der Waals surface area (Å²) < 4.78 is 10.3. The number of hydrogen-bond donors (Lipinski definition) is 0. The highest BCUT2D eigenvalue weighted by atomic mass is 16.6. The van der Waals surface area contributed by atoms with Crippen molar-refractivity contribution in [2.24, 2.45) is 0 Å². The van der Waals surface area contributed by atoms with Crippen molar-refractivity contribution in [1.29, 1.82) is 0 Å². The van der Waals surface area contributed by atoms with Gasteiger partial charge in [0.1, 0.15) is 5.75 Å². The molecule has 1 aromatic carbocycles. The van der Waals surface area contributed by atoms with Gasteiger partial charge in [0, 0.05) is 12.1 Å². The lowest BCUT2D eigenvalue weighted by molar-refractivity contribution is -0.384. The van der Waals surface area contributed by atoms with Gasteiger partial charge in [0.05, 0.1) is 24.2 Å². The lowest BCUT2D eigenvalue weighted by Crippen LogP contribution is -2.00. The van der Waals surface area contributed by atoms with Crippen molar-refractivity contribution >= 4 is 11.7 Å². The molecule has 0 saturated heterocycles. The molecule has 0 fully saturated rings. The maximum absolute atomic E-state index is 11.0. The predicted molar refractivity (Wildman–Crippen MR) is 78.3 cm³/mol. The smallest absolute Gasteiger partial charge is 0.330 e. The van der Waals surface area contributed by atoms with Crippen LogP contribution in [-0.2, 0) is 9.53 Å². The standard InChI is InChI=1S/C15H19NO5/c1-3-20-15(17)7-5-4-6-10-21-14-11-13(16(18)19)9-8-12(14)2/h5,7-9,11H,3-4,6,10H2,1-2H3. The summed E-state index contributed by atoms with van der Waals surface area (Å²) in [6.45, 7) is 4.37. The third kappa shape index (κ3) is 6.07. The van der Waals surface area contributed by atoms with E-state index in [1.54, 1.807) is 19.1 Å². The van der Waals surface area contributed by atoms with Crippen LogP contribution in [0.5, 0.6) is 5.75 Å². The van der Waals surface area contributed by atoms with Crippen molar-refractivity contribution in [3.8, 4) is 5.75 Å². The molecule has 0 spiro atoms. The van der Waals surface area contributed by atoms with Crippen LogP contribution >= 0.6 is 0 Å². The Labute approximate surface area is 123 Å². The van der Waals surface area contributed by atoms with Gasteiger partial charge >= 0.3 is 5.97 Å². The molecule has 0 unspecified atom stereocenters. The lowest BCUT2D eigenvalue weighted by Gasteiger charge is -2.08. The number of carbonyl (C=O) groups excluding carboxylic acids is 1. The summed E-state index contributed by atoms with van der Waals surface area (Å²) in [4.78, 5) is 21.3. The van der Waals surface area contributed by atoms with E-state index < -0.39 is 4.92 Å². The summed E-state index contributed by atoms with van der Waals surface area (Å²) in [6, 6.07) is 4.53. The minimum absolute atomic E-state index is 0.0119. The Hall–Kier alpha value is -2.37. The number of nitro benzene ring substituents is 1. The quantitative estimate of drug-likeness (QED) is 0.242. The van der Waals surface area contributed by atoms with Crippen LogP contribution < -0.4 is 4.74 Å². The number of nitro groups is 1. The second-order valence-electron chi connectivity index (χ2n) is 4.35. The van der Waals surface area contributed by atoms with Gasteiger partial charge in [0.2, 0.25) is 0 Å². The molecule has 21 heavy (non-hydrogen) atoms. The fraction of sp³-hybridized carbons (Fsp3) is 0.400. The Kier molecular flexibility index (Phi) is 6.94. The average Bonchev–Trinajstić information content (AvgIpc) is 2.44. The Morgan fingerprint density at radius 2 is 2.19 bits per heavy atom.